The lowest BCUT2D eigenvalue weighted by Crippen LogP contribution is -2.44. The second kappa shape index (κ2) is 8.81. The summed E-state index contributed by atoms with van der Waals surface area (Å²) in [4.78, 5) is 0. The van der Waals surface area contributed by atoms with Gasteiger partial charge in [-0.25, -0.2) is 0 Å². The molecule has 1 N–H and O–H groups in total. The van der Waals surface area contributed by atoms with Crippen molar-refractivity contribution in [1.82, 2.24) is 5.32 Å². The molecule has 1 aliphatic rings. The van der Waals surface area contributed by atoms with Gasteiger partial charge in [-0.05, 0) is 74.5 Å². The average molecular weight is 357 g/mol. The van der Waals surface area contributed by atoms with Crippen molar-refractivity contribution in [3.8, 4) is 23.0 Å². The third-order valence-corrected chi connectivity index (χ3v) is 4.87. The highest BCUT2D eigenvalue weighted by molar-refractivity contribution is 5.32. The molecule has 0 saturated carbocycles. The van der Waals surface area contributed by atoms with Crippen LogP contribution in [-0.2, 0) is 0 Å². The van der Waals surface area contributed by atoms with Crippen LogP contribution in [0.4, 0.5) is 0 Å². The molecule has 1 fully saturated rings. The van der Waals surface area contributed by atoms with Crippen molar-refractivity contribution in [3.05, 3.63) is 48.5 Å². The standard InChI is InChI=1S/C21H27NO4/c1-23-17-3-7-19(8-4-17)25-15-21(11-13-22-14-12-21)16-26-20-9-5-18(24-2)6-10-20/h3-10,22H,11-16H2,1-2H3. The average Bonchev–Trinajstić information content (AvgIpc) is 2.72. The molecule has 0 atom stereocenters. The first-order valence-corrected chi connectivity index (χ1v) is 8.97. The first-order valence-electron chi connectivity index (χ1n) is 8.97. The number of ether oxygens (including phenoxy) is 4. The smallest absolute Gasteiger partial charge is 0.119 e. The Kier molecular flexibility index (Phi) is 6.23. The molecular formula is C21H27NO4. The van der Waals surface area contributed by atoms with E-state index in [4.69, 9.17) is 18.9 Å². The van der Waals surface area contributed by atoms with Crippen LogP contribution in [0.25, 0.3) is 0 Å². The Labute approximate surface area is 155 Å². The Morgan fingerprint density at radius 2 is 1.08 bits per heavy atom. The highest BCUT2D eigenvalue weighted by Gasteiger charge is 2.34. The van der Waals surface area contributed by atoms with Crippen molar-refractivity contribution in [1.29, 1.82) is 0 Å². The number of hydrogen-bond donors (Lipinski definition) is 1. The van der Waals surface area contributed by atoms with E-state index in [1.807, 2.05) is 48.5 Å². The van der Waals surface area contributed by atoms with E-state index in [9.17, 15) is 0 Å². The van der Waals surface area contributed by atoms with Gasteiger partial charge < -0.3 is 24.3 Å². The van der Waals surface area contributed by atoms with Crippen LogP contribution in [0.1, 0.15) is 12.8 Å². The van der Waals surface area contributed by atoms with Crippen LogP contribution < -0.4 is 24.3 Å². The van der Waals surface area contributed by atoms with Gasteiger partial charge in [0, 0.05) is 5.41 Å². The molecule has 5 heteroatoms. The highest BCUT2D eigenvalue weighted by atomic mass is 16.5. The molecule has 0 aliphatic carbocycles. The number of hydrogen-bond acceptors (Lipinski definition) is 5. The fourth-order valence-corrected chi connectivity index (χ4v) is 3.10. The SMILES string of the molecule is COc1ccc(OCC2(COc3ccc(OC)cc3)CCNCC2)cc1. The molecular weight excluding hydrogens is 330 g/mol. The zero-order valence-electron chi connectivity index (χ0n) is 15.5. The Balaban J connectivity index is 1.61. The second-order valence-corrected chi connectivity index (χ2v) is 6.68. The quantitative estimate of drug-likeness (QED) is 0.783. The van der Waals surface area contributed by atoms with Crippen LogP contribution in [0.5, 0.6) is 23.0 Å². The van der Waals surface area contributed by atoms with E-state index in [2.05, 4.69) is 5.32 Å². The van der Waals surface area contributed by atoms with Gasteiger partial charge in [-0.15, -0.1) is 0 Å². The lowest BCUT2D eigenvalue weighted by Gasteiger charge is -2.37. The van der Waals surface area contributed by atoms with Crippen molar-refractivity contribution in [2.45, 2.75) is 12.8 Å². The molecule has 0 bridgehead atoms. The summed E-state index contributed by atoms with van der Waals surface area (Å²) in [5, 5.41) is 3.42. The van der Waals surface area contributed by atoms with E-state index in [0.29, 0.717) is 13.2 Å². The number of rotatable bonds is 8. The largest absolute Gasteiger partial charge is 0.497 e. The number of benzene rings is 2. The van der Waals surface area contributed by atoms with Gasteiger partial charge in [0.15, 0.2) is 0 Å². The van der Waals surface area contributed by atoms with E-state index >= 15 is 0 Å². The summed E-state index contributed by atoms with van der Waals surface area (Å²) in [5.74, 6) is 3.37. The van der Waals surface area contributed by atoms with Crippen LogP contribution in [0.2, 0.25) is 0 Å². The lowest BCUT2D eigenvalue weighted by atomic mass is 9.80. The third-order valence-electron chi connectivity index (χ3n) is 4.87. The minimum absolute atomic E-state index is 0.00506. The van der Waals surface area contributed by atoms with Crippen molar-refractivity contribution < 1.29 is 18.9 Å². The van der Waals surface area contributed by atoms with E-state index in [1.54, 1.807) is 14.2 Å². The van der Waals surface area contributed by atoms with Gasteiger partial charge in [0.05, 0.1) is 27.4 Å². The number of piperidine rings is 1. The van der Waals surface area contributed by atoms with Crippen LogP contribution in [0.15, 0.2) is 48.5 Å². The Bertz CT molecular complexity index is 610. The normalized spacial score (nSPS) is 15.9. The van der Waals surface area contributed by atoms with Crippen molar-refractivity contribution in [2.24, 2.45) is 5.41 Å². The molecule has 2 aromatic carbocycles. The first kappa shape index (κ1) is 18.4. The van der Waals surface area contributed by atoms with Crippen molar-refractivity contribution >= 4 is 0 Å². The summed E-state index contributed by atoms with van der Waals surface area (Å²) in [6.07, 6.45) is 2.05. The van der Waals surface area contributed by atoms with Gasteiger partial charge in [-0.2, -0.15) is 0 Å². The maximum Gasteiger partial charge on any atom is 0.119 e. The summed E-state index contributed by atoms with van der Waals surface area (Å²) in [6, 6.07) is 15.4. The Hall–Kier alpha value is -2.40. The molecule has 26 heavy (non-hydrogen) atoms. The first-order chi connectivity index (χ1) is 12.7. The minimum Gasteiger partial charge on any atom is -0.497 e. The van der Waals surface area contributed by atoms with Gasteiger partial charge in [0.1, 0.15) is 23.0 Å². The van der Waals surface area contributed by atoms with Crippen LogP contribution in [0, 0.1) is 5.41 Å². The fraction of sp³-hybridized carbons (Fsp3) is 0.429. The highest BCUT2D eigenvalue weighted by Crippen LogP contribution is 2.31. The van der Waals surface area contributed by atoms with E-state index in [0.717, 1.165) is 48.9 Å². The zero-order chi connectivity index (χ0) is 18.2. The van der Waals surface area contributed by atoms with Gasteiger partial charge in [-0.3, -0.25) is 0 Å². The maximum absolute atomic E-state index is 6.09. The molecule has 2 aromatic rings. The number of nitrogens with one attached hydrogen (secondary N) is 1. The van der Waals surface area contributed by atoms with Crippen LogP contribution >= 0.6 is 0 Å². The predicted molar refractivity (Wildman–Crippen MR) is 102 cm³/mol. The fourth-order valence-electron chi connectivity index (χ4n) is 3.10. The molecule has 5 nitrogen and oxygen atoms in total. The molecule has 1 aliphatic heterocycles. The summed E-state index contributed by atoms with van der Waals surface area (Å²) in [7, 11) is 3.33. The van der Waals surface area contributed by atoms with Crippen LogP contribution in [-0.4, -0.2) is 40.5 Å². The van der Waals surface area contributed by atoms with Gasteiger partial charge in [0.2, 0.25) is 0 Å². The molecule has 0 spiro atoms. The van der Waals surface area contributed by atoms with E-state index in [1.165, 1.54) is 0 Å². The molecule has 0 radical (unpaired) electrons. The van der Waals surface area contributed by atoms with E-state index in [-0.39, 0.29) is 5.41 Å². The number of methoxy groups -OCH3 is 2. The van der Waals surface area contributed by atoms with Crippen molar-refractivity contribution in [3.63, 3.8) is 0 Å². The summed E-state index contributed by atoms with van der Waals surface area (Å²) in [5.41, 5.74) is 0.00506. The molecule has 0 amide bonds. The third kappa shape index (κ3) is 4.82. The van der Waals surface area contributed by atoms with Gasteiger partial charge in [-0.1, -0.05) is 0 Å². The minimum atomic E-state index is 0.00506. The van der Waals surface area contributed by atoms with Gasteiger partial charge >= 0.3 is 0 Å². The van der Waals surface area contributed by atoms with Crippen molar-refractivity contribution in [2.75, 3.05) is 40.5 Å². The maximum atomic E-state index is 6.09. The van der Waals surface area contributed by atoms with Crippen LogP contribution in [0.3, 0.4) is 0 Å². The molecule has 1 heterocycles. The molecule has 0 aromatic heterocycles. The Morgan fingerprint density at radius 3 is 1.46 bits per heavy atom. The van der Waals surface area contributed by atoms with Gasteiger partial charge in [0.25, 0.3) is 0 Å². The monoisotopic (exact) mass is 357 g/mol. The lowest BCUT2D eigenvalue weighted by molar-refractivity contribution is 0.0496. The summed E-state index contributed by atoms with van der Waals surface area (Å²) >= 11 is 0. The molecule has 1 saturated heterocycles. The zero-order valence-corrected chi connectivity index (χ0v) is 15.5. The second-order valence-electron chi connectivity index (χ2n) is 6.68. The molecule has 140 valence electrons. The topological polar surface area (TPSA) is 49.0 Å². The predicted octanol–water partition coefficient (Wildman–Crippen LogP) is 3.53. The molecule has 3 rings (SSSR count). The summed E-state index contributed by atoms with van der Waals surface area (Å²) < 4.78 is 22.6. The Morgan fingerprint density at radius 1 is 0.692 bits per heavy atom. The summed E-state index contributed by atoms with van der Waals surface area (Å²) in [6.45, 7) is 3.24. The van der Waals surface area contributed by atoms with E-state index < -0.39 is 0 Å². The molecule has 0 unspecified atom stereocenters.